The van der Waals surface area contributed by atoms with E-state index in [2.05, 4.69) is 36.1 Å². The molecule has 4 aromatic rings. The maximum atomic E-state index is 15.3. The van der Waals surface area contributed by atoms with Crippen molar-refractivity contribution in [1.82, 2.24) is 19.5 Å². The van der Waals surface area contributed by atoms with Crippen molar-refractivity contribution >= 4 is 34.1 Å². The largest absolute Gasteiger partial charge is 0.365 e. The molecule has 2 aliphatic heterocycles. The van der Waals surface area contributed by atoms with Crippen LogP contribution in [0.15, 0.2) is 58.3 Å². The predicted octanol–water partition coefficient (Wildman–Crippen LogP) is 6.51. The molecule has 2 aliphatic rings. The number of fused-ring (bicyclic) bond motifs is 3. The van der Waals surface area contributed by atoms with Crippen LogP contribution in [0.1, 0.15) is 43.9 Å². The van der Waals surface area contributed by atoms with Crippen LogP contribution < -0.4 is 5.32 Å². The second-order valence-electron chi connectivity index (χ2n) is 9.61. The summed E-state index contributed by atoms with van der Waals surface area (Å²) in [6.07, 6.45) is 0.590. The first-order valence-corrected chi connectivity index (χ1v) is 12.4. The third-order valence-corrected chi connectivity index (χ3v) is 8.04. The molecule has 1 atom stereocenters. The highest BCUT2D eigenvalue weighted by Crippen LogP contribution is 2.65. The lowest BCUT2D eigenvalue weighted by Gasteiger charge is -2.29. The summed E-state index contributed by atoms with van der Waals surface area (Å²) >= 11 is 0. The average molecular weight is 482 g/mol. The van der Waals surface area contributed by atoms with Crippen molar-refractivity contribution in [1.29, 1.82) is 0 Å². The number of aromatic nitrogens is 4. The van der Waals surface area contributed by atoms with Crippen LogP contribution in [0.25, 0.3) is 22.6 Å². The molecule has 2 aromatic heterocycles. The molecule has 34 heavy (non-hydrogen) atoms. The third-order valence-electron chi connectivity index (χ3n) is 6.33. The number of aldehydes is 1. The van der Waals surface area contributed by atoms with Crippen molar-refractivity contribution in [2.75, 3.05) is 5.32 Å². The minimum absolute atomic E-state index is 0.0162. The number of hydrogen-bond donors (Lipinski definition) is 1. The number of anilines is 1. The van der Waals surface area contributed by atoms with Crippen LogP contribution in [0.4, 0.5) is 13.6 Å². The molecular formula is C25H25F2N5OS. The molecule has 6 nitrogen and oxygen atoms in total. The highest BCUT2D eigenvalue weighted by molar-refractivity contribution is 8.25. The van der Waals surface area contributed by atoms with E-state index < -0.39 is 10.8 Å². The topological polar surface area (TPSA) is 72.7 Å². The van der Waals surface area contributed by atoms with Gasteiger partial charge in [-0.15, -0.1) is 7.77 Å². The van der Waals surface area contributed by atoms with Crippen molar-refractivity contribution in [3.8, 4) is 11.4 Å². The van der Waals surface area contributed by atoms with Crippen LogP contribution in [0.5, 0.6) is 0 Å². The van der Waals surface area contributed by atoms with Crippen LogP contribution in [0.3, 0.4) is 0 Å². The van der Waals surface area contributed by atoms with E-state index >= 15 is 7.77 Å². The van der Waals surface area contributed by atoms with E-state index in [0.717, 1.165) is 5.56 Å². The standard InChI is InChI=1S/C25H25F2N5OS/c1-15(25(2,3)4)28-22-21-23(30-20(14-33)29-22)31-24-17-6-5-7-19(12-17)34(26,27)18-10-8-16(9-11-18)13-32(21)24/h5-12,14-15H,13H2,1-4H3,(H,28,29,30)/t15-/m1/s1. The normalized spacial score (nSPS) is 16.4. The van der Waals surface area contributed by atoms with E-state index in [9.17, 15) is 4.79 Å². The molecule has 4 heterocycles. The maximum absolute atomic E-state index is 15.3. The molecule has 4 bridgehead atoms. The number of hydrogen-bond acceptors (Lipinski definition) is 5. The fourth-order valence-corrected chi connectivity index (χ4v) is 5.16. The number of benzene rings is 2. The van der Waals surface area contributed by atoms with Gasteiger partial charge in [0, 0.05) is 18.2 Å². The lowest BCUT2D eigenvalue weighted by molar-refractivity contribution is 0.111. The number of nitrogens with one attached hydrogen (secondary N) is 1. The summed E-state index contributed by atoms with van der Waals surface area (Å²) in [5, 5.41) is 3.44. The SMILES string of the molecule is C[C@@H](Nc1nc(C=O)nc2nc3n(c12)Cc1ccc(cc1)S(F)(F)c1cccc-3c1)C(C)(C)C. The summed E-state index contributed by atoms with van der Waals surface area (Å²) in [7, 11) is -4.17. The fraction of sp³-hybridized carbons (Fsp3) is 0.280. The van der Waals surface area contributed by atoms with Crippen LogP contribution >= 0.6 is 10.8 Å². The van der Waals surface area contributed by atoms with Crippen LogP contribution in [-0.4, -0.2) is 31.8 Å². The summed E-state index contributed by atoms with van der Waals surface area (Å²) in [5.41, 5.74) is 2.30. The van der Waals surface area contributed by atoms with Gasteiger partial charge in [-0.1, -0.05) is 45.0 Å². The molecule has 0 saturated carbocycles. The van der Waals surface area contributed by atoms with Crippen LogP contribution in [0, 0.1) is 5.41 Å². The lowest BCUT2D eigenvalue weighted by atomic mass is 9.88. The molecule has 2 aromatic carbocycles. The lowest BCUT2D eigenvalue weighted by Crippen LogP contribution is -2.31. The second kappa shape index (κ2) is 7.87. The average Bonchev–Trinajstić information content (AvgIpc) is 3.16. The molecule has 0 aliphatic carbocycles. The van der Waals surface area contributed by atoms with Gasteiger partial charge in [0.05, 0.1) is 9.79 Å². The van der Waals surface area contributed by atoms with Crippen molar-refractivity contribution in [2.45, 2.75) is 50.1 Å². The molecule has 6 rings (SSSR count). The van der Waals surface area contributed by atoms with Gasteiger partial charge in [0.1, 0.15) is 22.1 Å². The number of rotatable bonds is 3. The summed E-state index contributed by atoms with van der Waals surface area (Å²) < 4.78 is 32.6. The third kappa shape index (κ3) is 3.73. The molecule has 0 spiro atoms. The van der Waals surface area contributed by atoms with Gasteiger partial charge in [-0.05, 0) is 42.2 Å². The summed E-state index contributed by atoms with van der Waals surface area (Å²) in [4.78, 5) is 25.1. The Hall–Kier alpha value is -3.33. The molecule has 0 amide bonds. The van der Waals surface area contributed by atoms with E-state index in [-0.39, 0.29) is 27.1 Å². The number of nitrogens with zero attached hydrogens (tertiary/aromatic N) is 4. The Kier molecular flexibility index (Phi) is 5.20. The summed E-state index contributed by atoms with van der Waals surface area (Å²) in [5.74, 6) is 1.01. The Labute approximate surface area is 198 Å². The minimum Gasteiger partial charge on any atom is -0.365 e. The molecular weight excluding hydrogens is 456 g/mol. The second-order valence-corrected chi connectivity index (χ2v) is 11.5. The number of carbonyl (C=O) groups excluding carboxylic acids is 1. The van der Waals surface area contributed by atoms with Gasteiger partial charge < -0.3 is 9.88 Å². The molecule has 176 valence electrons. The number of halogens is 2. The Morgan fingerprint density at radius 3 is 2.47 bits per heavy atom. The summed E-state index contributed by atoms with van der Waals surface area (Å²) in [6, 6.07) is 12.8. The van der Waals surface area contributed by atoms with Crippen molar-refractivity contribution in [2.24, 2.45) is 5.41 Å². The van der Waals surface area contributed by atoms with E-state index in [1.54, 1.807) is 24.3 Å². The van der Waals surface area contributed by atoms with E-state index in [4.69, 9.17) is 4.98 Å². The number of imidazole rings is 1. The van der Waals surface area contributed by atoms with Crippen LogP contribution in [-0.2, 0) is 6.54 Å². The Bertz CT molecular complexity index is 1410. The Morgan fingerprint density at radius 1 is 1.06 bits per heavy atom. The van der Waals surface area contributed by atoms with E-state index in [1.165, 1.54) is 24.3 Å². The zero-order valence-corrected chi connectivity index (χ0v) is 20.2. The maximum Gasteiger partial charge on any atom is 0.196 e. The smallest absolute Gasteiger partial charge is 0.196 e. The van der Waals surface area contributed by atoms with Gasteiger partial charge in [0.2, 0.25) is 0 Å². The molecule has 1 N–H and O–H groups in total. The quantitative estimate of drug-likeness (QED) is 0.338. The van der Waals surface area contributed by atoms with Gasteiger partial charge >= 0.3 is 0 Å². The monoisotopic (exact) mass is 481 g/mol. The number of carbonyl (C=O) groups is 1. The highest BCUT2D eigenvalue weighted by atomic mass is 32.3. The first-order chi connectivity index (χ1) is 16.1. The molecule has 0 radical (unpaired) electrons. The zero-order valence-electron chi connectivity index (χ0n) is 19.3. The van der Waals surface area contributed by atoms with Gasteiger partial charge in [-0.25, -0.2) is 15.0 Å². The summed E-state index contributed by atoms with van der Waals surface area (Å²) in [6.45, 7) is 8.76. The molecule has 0 unspecified atom stereocenters. The van der Waals surface area contributed by atoms with Gasteiger partial charge in [-0.2, -0.15) is 0 Å². The Balaban J connectivity index is 1.82. The first-order valence-electron chi connectivity index (χ1n) is 11.0. The zero-order chi connectivity index (χ0) is 24.3. The van der Waals surface area contributed by atoms with Gasteiger partial charge in [0.25, 0.3) is 0 Å². The van der Waals surface area contributed by atoms with Crippen LogP contribution in [0.2, 0.25) is 0 Å². The molecule has 0 fully saturated rings. The fourth-order valence-electron chi connectivity index (χ4n) is 3.88. The highest BCUT2D eigenvalue weighted by Gasteiger charge is 2.31. The van der Waals surface area contributed by atoms with E-state index in [1.807, 2.05) is 11.5 Å². The molecule has 9 heteroatoms. The Morgan fingerprint density at radius 2 is 1.79 bits per heavy atom. The minimum atomic E-state index is -4.17. The van der Waals surface area contributed by atoms with Gasteiger partial charge in [0.15, 0.2) is 23.6 Å². The van der Waals surface area contributed by atoms with E-state index in [0.29, 0.717) is 41.2 Å². The van der Waals surface area contributed by atoms with Crippen molar-refractivity contribution in [3.63, 3.8) is 0 Å². The van der Waals surface area contributed by atoms with Crippen molar-refractivity contribution < 1.29 is 12.6 Å². The van der Waals surface area contributed by atoms with Crippen molar-refractivity contribution in [3.05, 3.63) is 59.9 Å². The first kappa shape index (κ1) is 22.5. The predicted molar refractivity (Wildman–Crippen MR) is 131 cm³/mol. The van der Waals surface area contributed by atoms with Gasteiger partial charge in [-0.3, -0.25) is 4.79 Å². The molecule has 0 saturated heterocycles.